The fraction of sp³-hybridized carbons (Fsp3) is 0.933. The maximum Gasteiger partial charge on any atom is 0.241 e. The van der Waals surface area contributed by atoms with Gasteiger partial charge in [0.05, 0.1) is 12.2 Å². The lowest BCUT2D eigenvalue weighted by molar-refractivity contribution is -0.132. The van der Waals surface area contributed by atoms with Gasteiger partial charge in [-0.2, -0.15) is 0 Å². The summed E-state index contributed by atoms with van der Waals surface area (Å²) in [7, 11) is 0. The van der Waals surface area contributed by atoms with Crippen molar-refractivity contribution in [3.8, 4) is 0 Å². The van der Waals surface area contributed by atoms with Crippen molar-refractivity contribution >= 4 is 5.91 Å². The van der Waals surface area contributed by atoms with Crippen molar-refractivity contribution in [1.29, 1.82) is 0 Å². The number of nitrogens with one attached hydrogen (secondary N) is 1. The summed E-state index contributed by atoms with van der Waals surface area (Å²) >= 11 is 0. The molecule has 0 aromatic heterocycles. The highest BCUT2D eigenvalue weighted by atomic mass is 16.2. The van der Waals surface area contributed by atoms with Gasteiger partial charge in [-0.05, 0) is 25.7 Å². The maximum atomic E-state index is 12.5. The van der Waals surface area contributed by atoms with Crippen LogP contribution in [0.5, 0.6) is 0 Å². The molecule has 106 valence electrons. The SMILES string of the molecule is CCCCCC(C)N1C(=O)C(C(C)C)NC1CC. The van der Waals surface area contributed by atoms with E-state index < -0.39 is 0 Å². The van der Waals surface area contributed by atoms with Crippen molar-refractivity contribution in [3.63, 3.8) is 0 Å². The number of amides is 1. The third-order valence-electron chi connectivity index (χ3n) is 3.98. The summed E-state index contributed by atoms with van der Waals surface area (Å²) in [6, 6.07) is 0.383. The third-order valence-corrected chi connectivity index (χ3v) is 3.98. The van der Waals surface area contributed by atoms with Crippen molar-refractivity contribution in [2.24, 2.45) is 5.92 Å². The Bertz CT molecular complexity index is 265. The van der Waals surface area contributed by atoms with Gasteiger partial charge in [0.2, 0.25) is 5.91 Å². The molecule has 1 saturated heterocycles. The van der Waals surface area contributed by atoms with Crippen LogP contribution in [0.1, 0.15) is 66.7 Å². The van der Waals surface area contributed by atoms with Gasteiger partial charge in [-0.1, -0.05) is 47.0 Å². The molecule has 3 heteroatoms. The quantitative estimate of drug-likeness (QED) is 0.708. The molecule has 3 unspecified atom stereocenters. The zero-order valence-electron chi connectivity index (χ0n) is 12.7. The van der Waals surface area contributed by atoms with Gasteiger partial charge in [0.1, 0.15) is 0 Å². The number of unbranched alkanes of at least 4 members (excludes halogenated alkanes) is 2. The van der Waals surface area contributed by atoms with Crippen LogP contribution < -0.4 is 5.32 Å². The van der Waals surface area contributed by atoms with E-state index in [9.17, 15) is 4.79 Å². The minimum Gasteiger partial charge on any atom is -0.323 e. The van der Waals surface area contributed by atoms with E-state index in [-0.39, 0.29) is 12.2 Å². The van der Waals surface area contributed by atoms with Crippen LogP contribution in [0.25, 0.3) is 0 Å². The van der Waals surface area contributed by atoms with Crippen molar-refractivity contribution in [1.82, 2.24) is 10.2 Å². The molecule has 1 rings (SSSR count). The fourth-order valence-corrected chi connectivity index (χ4v) is 2.82. The smallest absolute Gasteiger partial charge is 0.241 e. The zero-order chi connectivity index (χ0) is 13.7. The Balaban J connectivity index is 2.63. The van der Waals surface area contributed by atoms with Crippen molar-refractivity contribution in [3.05, 3.63) is 0 Å². The van der Waals surface area contributed by atoms with E-state index >= 15 is 0 Å². The molecule has 3 nitrogen and oxygen atoms in total. The molecule has 1 heterocycles. The summed E-state index contributed by atoms with van der Waals surface area (Å²) in [6.45, 7) is 10.8. The van der Waals surface area contributed by atoms with Gasteiger partial charge in [-0.15, -0.1) is 0 Å². The van der Waals surface area contributed by atoms with Gasteiger partial charge in [0.25, 0.3) is 0 Å². The van der Waals surface area contributed by atoms with Crippen LogP contribution in [0.15, 0.2) is 0 Å². The Morgan fingerprint density at radius 1 is 1.22 bits per heavy atom. The molecule has 0 spiro atoms. The van der Waals surface area contributed by atoms with Crippen LogP contribution in [0, 0.1) is 5.92 Å². The van der Waals surface area contributed by atoms with Crippen molar-refractivity contribution < 1.29 is 4.79 Å². The second-order valence-corrected chi connectivity index (χ2v) is 5.90. The predicted molar refractivity (Wildman–Crippen MR) is 76.3 cm³/mol. The Morgan fingerprint density at radius 2 is 1.89 bits per heavy atom. The number of rotatable bonds is 7. The van der Waals surface area contributed by atoms with E-state index in [0.29, 0.717) is 17.9 Å². The first-order chi connectivity index (χ1) is 8.52. The highest BCUT2D eigenvalue weighted by molar-refractivity contribution is 5.84. The van der Waals surface area contributed by atoms with Gasteiger partial charge in [0.15, 0.2) is 0 Å². The molecule has 1 N–H and O–H groups in total. The van der Waals surface area contributed by atoms with Crippen LogP contribution >= 0.6 is 0 Å². The maximum absolute atomic E-state index is 12.5. The topological polar surface area (TPSA) is 32.3 Å². The molecular formula is C15H30N2O. The van der Waals surface area contributed by atoms with Gasteiger partial charge < -0.3 is 4.90 Å². The summed E-state index contributed by atoms with van der Waals surface area (Å²) in [5.41, 5.74) is 0. The van der Waals surface area contributed by atoms with Gasteiger partial charge in [-0.25, -0.2) is 0 Å². The summed E-state index contributed by atoms with van der Waals surface area (Å²) < 4.78 is 0. The minimum absolute atomic E-state index is 0.0172. The summed E-state index contributed by atoms with van der Waals surface area (Å²) in [5, 5.41) is 3.49. The highest BCUT2D eigenvalue weighted by Gasteiger charge is 2.41. The summed E-state index contributed by atoms with van der Waals surface area (Å²) in [6.07, 6.45) is 6.09. The molecule has 0 radical (unpaired) electrons. The highest BCUT2D eigenvalue weighted by Crippen LogP contribution is 2.23. The first-order valence-corrected chi connectivity index (χ1v) is 7.61. The van der Waals surface area contributed by atoms with Gasteiger partial charge >= 0.3 is 0 Å². The second kappa shape index (κ2) is 7.13. The molecule has 1 aliphatic heterocycles. The minimum atomic E-state index is 0.0172. The molecule has 1 fully saturated rings. The molecule has 1 aliphatic rings. The second-order valence-electron chi connectivity index (χ2n) is 5.90. The van der Waals surface area contributed by atoms with E-state index in [1.54, 1.807) is 0 Å². The summed E-state index contributed by atoms with van der Waals surface area (Å²) in [4.78, 5) is 14.6. The van der Waals surface area contributed by atoms with Crippen LogP contribution in [0.3, 0.4) is 0 Å². The first kappa shape index (κ1) is 15.5. The Labute approximate surface area is 112 Å². The summed E-state index contributed by atoms with van der Waals surface area (Å²) in [5.74, 6) is 0.681. The van der Waals surface area contributed by atoms with E-state index in [1.807, 2.05) is 0 Å². The average molecular weight is 254 g/mol. The molecule has 0 aromatic rings. The molecule has 0 aliphatic carbocycles. The first-order valence-electron chi connectivity index (χ1n) is 7.61. The molecule has 3 atom stereocenters. The lowest BCUT2D eigenvalue weighted by atomic mass is 10.0. The van der Waals surface area contributed by atoms with Crippen molar-refractivity contribution in [2.45, 2.75) is 85.0 Å². The monoisotopic (exact) mass is 254 g/mol. The van der Waals surface area contributed by atoms with Crippen molar-refractivity contribution in [2.75, 3.05) is 0 Å². The Hall–Kier alpha value is -0.570. The molecule has 0 aromatic carbocycles. The fourth-order valence-electron chi connectivity index (χ4n) is 2.82. The molecule has 18 heavy (non-hydrogen) atoms. The van der Waals surface area contributed by atoms with Gasteiger partial charge in [-0.3, -0.25) is 10.1 Å². The molecular weight excluding hydrogens is 224 g/mol. The molecule has 0 bridgehead atoms. The molecule has 1 amide bonds. The van der Waals surface area contributed by atoms with Crippen LogP contribution in [-0.4, -0.2) is 29.1 Å². The molecule has 0 saturated carbocycles. The van der Waals surface area contributed by atoms with Crippen LogP contribution in [0.2, 0.25) is 0 Å². The van der Waals surface area contributed by atoms with E-state index in [0.717, 1.165) is 12.8 Å². The normalized spacial score (nSPS) is 26.1. The standard InChI is InChI=1S/C15H30N2O/c1-6-8-9-10-12(5)17-13(7-2)16-14(11(3)4)15(17)18/h11-14,16H,6-10H2,1-5H3. The number of carbonyl (C=O) groups is 1. The van der Waals surface area contributed by atoms with E-state index in [1.165, 1.54) is 19.3 Å². The van der Waals surface area contributed by atoms with Gasteiger partial charge in [0, 0.05) is 6.04 Å². The van der Waals surface area contributed by atoms with E-state index in [4.69, 9.17) is 0 Å². The van der Waals surface area contributed by atoms with Crippen LogP contribution in [-0.2, 0) is 4.79 Å². The lowest BCUT2D eigenvalue weighted by Crippen LogP contribution is -2.42. The number of hydrogen-bond donors (Lipinski definition) is 1. The predicted octanol–water partition coefficient (Wildman–Crippen LogP) is 3.15. The Kier molecular flexibility index (Phi) is 6.13. The number of carbonyl (C=O) groups excluding carboxylic acids is 1. The largest absolute Gasteiger partial charge is 0.323 e. The number of hydrogen-bond acceptors (Lipinski definition) is 2. The Morgan fingerprint density at radius 3 is 2.39 bits per heavy atom. The van der Waals surface area contributed by atoms with Crippen LogP contribution in [0.4, 0.5) is 0 Å². The third kappa shape index (κ3) is 3.47. The zero-order valence-corrected chi connectivity index (χ0v) is 12.7. The lowest BCUT2D eigenvalue weighted by Gasteiger charge is -2.30. The average Bonchev–Trinajstić information content (AvgIpc) is 2.66. The van der Waals surface area contributed by atoms with E-state index in [2.05, 4.69) is 44.8 Å². The number of nitrogens with zero attached hydrogens (tertiary/aromatic N) is 1.